The molecule has 0 saturated carbocycles. The molecule has 9 heteroatoms. The molecule has 0 aliphatic carbocycles. The Hall–Kier alpha value is -3.80. The number of nitriles is 1. The van der Waals surface area contributed by atoms with E-state index in [1.54, 1.807) is 0 Å². The third-order valence-corrected chi connectivity index (χ3v) is 3.63. The largest absolute Gasteiger partial charge is 0.506 e. The number of anilines is 1. The number of nitrogens with one attached hydrogen (secondary N) is 1. The first kappa shape index (κ1) is 20.5. The molecule has 0 radical (unpaired) electrons. The normalized spacial score (nSPS) is 11.8. The van der Waals surface area contributed by atoms with Gasteiger partial charge >= 0.3 is 12.1 Å². The van der Waals surface area contributed by atoms with E-state index in [2.05, 4.69) is 10.1 Å². The van der Waals surface area contributed by atoms with Crippen molar-refractivity contribution < 1.29 is 32.6 Å². The number of amides is 1. The maximum Gasteiger partial charge on any atom is 0.416 e. The van der Waals surface area contributed by atoms with Gasteiger partial charge in [-0.3, -0.25) is 4.79 Å². The fraction of sp³-hybridized carbons (Fsp3) is 0.105. The van der Waals surface area contributed by atoms with Crippen LogP contribution in [0.3, 0.4) is 0 Å². The predicted octanol–water partition coefficient (Wildman–Crippen LogP) is 3.92. The predicted molar refractivity (Wildman–Crippen MR) is 93.0 cm³/mol. The number of halogens is 3. The van der Waals surface area contributed by atoms with Crippen molar-refractivity contribution in [3.63, 3.8) is 0 Å². The van der Waals surface area contributed by atoms with Crippen molar-refractivity contribution in [2.24, 2.45) is 0 Å². The van der Waals surface area contributed by atoms with Crippen LogP contribution in [-0.2, 0) is 15.7 Å². The van der Waals surface area contributed by atoms with Gasteiger partial charge in [-0.25, -0.2) is 4.79 Å². The lowest BCUT2D eigenvalue weighted by molar-refractivity contribution is -0.137. The first-order valence-electron chi connectivity index (χ1n) is 7.68. The quantitative estimate of drug-likeness (QED) is 0.357. The van der Waals surface area contributed by atoms with Crippen molar-refractivity contribution in [2.75, 3.05) is 12.4 Å². The molecule has 2 aromatic carbocycles. The molecule has 2 N–H and O–H groups in total. The molecule has 6 nitrogen and oxygen atoms in total. The molecule has 0 spiro atoms. The van der Waals surface area contributed by atoms with Crippen molar-refractivity contribution >= 4 is 23.3 Å². The molecule has 0 fully saturated rings. The SMILES string of the molecule is COC(=O)c1ccc(NC(=O)/C(C#N)=C(\O)c2ccc(C(F)(F)F)cc2)cc1. The highest BCUT2D eigenvalue weighted by Crippen LogP contribution is 2.30. The minimum Gasteiger partial charge on any atom is -0.506 e. The molecule has 0 aromatic heterocycles. The molecule has 2 aromatic rings. The van der Waals surface area contributed by atoms with E-state index in [-0.39, 0.29) is 16.8 Å². The highest BCUT2D eigenvalue weighted by atomic mass is 19.4. The zero-order valence-electron chi connectivity index (χ0n) is 14.4. The van der Waals surface area contributed by atoms with Gasteiger partial charge in [0.05, 0.1) is 18.2 Å². The van der Waals surface area contributed by atoms with Crippen molar-refractivity contribution in [1.82, 2.24) is 0 Å². The average Bonchev–Trinajstić information content (AvgIpc) is 2.67. The van der Waals surface area contributed by atoms with E-state index in [4.69, 9.17) is 5.26 Å². The number of aliphatic hydroxyl groups is 1. The Bertz CT molecular complexity index is 957. The molecular weight excluding hydrogens is 377 g/mol. The maximum absolute atomic E-state index is 12.6. The lowest BCUT2D eigenvalue weighted by Gasteiger charge is -2.09. The van der Waals surface area contributed by atoms with Gasteiger partial charge < -0.3 is 15.2 Å². The Kier molecular flexibility index (Phi) is 6.05. The highest BCUT2D eigenvalue weighted by Gasteiger charge is 2.30. The molecule has 144 valence electrons. The first-order valence-corrected chi connectivity index (χ1v) is 7.68. The summed E-state index contributed by atoms with van der Waals surface area (Å²) in [5.74, 6) is -2.30. The number of ether oxygens (including phenoxy) is 1. The van der Waals surface area contributed by atoms with E-state index in [0.29, 0.717) is 0 Å². The number of nitrogens with zero attached hydrogens (tertiary/aromatic N) is 1. The molecule has 0 unspecified atom stereocenters. The number of benzene rings is 2. The third kappa shape index (κ3) is 4.67. The number of aliphatic hydroxyl groups excluding tert-OH is 1. The summed E-state index contributed by atoms with van der Waals surface area (Å²) in [6.07, 6.45) is -4.55. The zero-order chi connectivity index (χ0) is 20.9. The van der Waals surface area contributed by atoms with Crippen LogP contribution in [0.1, 0.15) is 21.5 Å². The number of carbonyl (C=O) groups excluding carboxylic acids is 2. The van der Waals surface area contributed by atoms with Gasteiger partial charge in [-0.05, 0) is 36.4 Å². The van der Waals surface area contributed by atoms with Crippen LogP contribution < -0.4 is 5.32 Å². The summed E-state index contributed by atoms with van der Waals surface area (Å²) >= 11 is 0. The van der Waals surface area contributed by atoms with Crippen LogP contribution in [0.4, 0.5) is 18.9 Å². The summed E-state index contributed by atoms with van der Waals surface area (Å²) in [6, 6.07) is 10.4. The summed E-state index contributed by atoms with van der Waals surface area (Å²) in [5, 5.41) is 21.6. The molecule has 2 rings (SSSR count). The second-order valence-corrected chi connectivity index (χ2v) is 5.43. The first-order chi connectivity index (χ1) is 13.2. The van der Waals surface area contributed by atoms with E-state index < -0.39 is 34.9 Å². The highest BCUT2D eigenvalue weighted by molar-refractivity contribution is 6.11. The Balaban J connectivity index is 2.24. The number of rotatable bonds is 4. The van der Waals surface area contributed by atoms with E-state index in [9.17, 15) is 27.9 Å². The Morgan fingerprint density at radius 3 is 2.04 bits per heavy atom. The second-order valence-electron chi connectivity index (χ2n) is 5.43. The number of esters is 1. The molecular formula is C19H13F3N2O4. The minimum atomic E-state index is -4.55. The third-order valence-electron chi connectivity index (χ3n) is 3.63. The fourth-order valence-electron chi connectivity index (χ4n) is 2.17. The van der Waals surface area contributed by atoms with E-state index in [1.165, 1.54) is 37.4 Å². The van der Waals surface area contributed by atoms with E-state index >= 15 is 0 Å². The second kappa shape index (κ2) is 8.26. The number of hydrogen-bond acceptors (Lipinski definition) is 5. The van der Waals surface area contributed by atoms with Crippen LogP contribution in [0.5, 0.6) is 0 Å². The van der Waals surface area contributed by atoms with Crippen molar-refractivity contribution in [3.05, 3.63) is 70.8 Å². The summed E-state index contributed by atoms with van der Waals surface area (Å²) in [7, 11) is 1.21. The van der Waals surface area contributed by atoms with Crippen LogP contribution in [0, 0.1) is 11.3 Å². The van der Waals surface area contributed by atoms with Crippen molar-refractivity contribution in [1.29, 1.82) is 5.26 Å². The lowest BCUT2D eigenvalue weighted by atomic mass is 10.1. The van der Waals surface area contributed by atoms with E-state index in [1.807, 2.05) is 0 Å². The fourth-order valence-corrected chi connectivity index (χ4v) is 2.17. The van der Waals surface area contributed by atoms with Gasteiger partial charge in [0, 0.05) is 11.3 Å². The Labute approximate surface area is 157 Å². The Morgan fingerprint density at radius 2 is 1.57 bits per heavy atom. The molecule has 0 heterocycles. The summed E-state index contributed by atoms with van der Waals surface area (Å²) in [5.41, 5.74) is -1.27. The number of carbonyl (C=O) groups is 2. The summed E-state index contributed by atoms with van der Waals surface area (Å²) < 4.78 is 42.3. The zero-order valence-corrected chi connectivity index (χ0v) is 14.4. The summed E-state index contributed by atoms with van der Waals surface area (Å²) in [4.78, 5) is 23.6. The minimum absolute atomic E-state index is 0.124. The van der Waals surface area contributed by atoms with Gasteiger partial charge in [-0.1, -0.05) is 12.1 Å². The van der Waals surface area contributed by atoms with Crippen LogP contribution in [0.25, 0.3) is 5.76 Å². The molecule has 0 saturated heterocycles. The molecule has 0 aliphatic heterocycles. The number of hydrogen-bond donors (Lipinski definition) is 2. The standard InChI is InChI=1S/C19H13F3N2O4/c1-28-18(27)12-4-8-14(9-5-12)24-17(26)15(10-23)16(25)11-2-6-13(7-3-11)19(20,21)22/h2-9,25H,1H3,(H,24,26)/b16-15-. The molecule has 0 aliphatic rings. The van der Waals surface area contributed by atoms with Crippen molar-refractivity contribution in [2.45, 2.75) is 6.18 Å². The number of methoxy groups -OCH3 is 1. The van der Waals surface area contributed by atoms with Crippen molar-refractivity contribution in [3.8, 4) is 6.07 Å². The smallest absolute Gasteiger partial charge is 0.416 e. The Morgan fingerprint density at radius 1 is 1.04 bits per heavy atom. The van der Waals surface area contributed by atoms with Gasteiger partial charge in [0.2, 0.25) is 0 Å². The van der Waals surface area contributed by atoms with Crippen LogP contribution in [0.2, 0.25) is 0 Å². The lowest BCUT2D eigenvalue weighted by Crippen LogP contribution is -2.15. The maximum atomic E-state index is 12.6. The van der Waals surface area contributed by atoms with E-state index in [0.717, 1.165) is 24.3 Å². The molecule has 28 heavy (non-hydrogen) atoms. The van der Waals surface area contributed by atoms with Gasteiger partial charge in [0.1, 0.15) is 11.8 Å². The topological polar surface area (TPSA) is 99.4 Å². The van der Waals surface area contributed by atoms with Crippen LogP contribution in [0.15, 0.2) is 54.1 Å². The van der Waals surface area contributed by atoms with Crippen LogP contribution in [-0.4, -0.2) is 24.1 Å². The molecule has 0 atom stereocenters. The molecule has 0 bridgehead atoms. The average molecular weight is 390 g/mol. The summed E-state index contributed by atoms with van der Waals surface area (Å²) in [6.45, 7) is 0. The van der Waals surface area contributed by atoms with Gasteiger partial charge in [0.25, 0.3) is 5.91 Å². The van der Waals surface area contributed by atoms with Crippen LogP contribution >= 0.6 is 0 Å². The number of alkyl halides is 3. The van der Waals surface area contributed by atoms with Gasteiger partial charge in [0.15, 0.2) is 5.57 Å². The molecule has 1 amide bonds. The monoisotopic (exact) mass is 390 g/mol. The van der Waals surface area contributed by atoms with Gasteiger partial charge in [-0.15, -0.1) is 0 Å². The van der Waals surface area contributed by atoms with Gasteiger partial charge in [-0.2, -0.15) is 18.4 Å².